The summed E-state index contributed by atoms with van der Waals surface area (Å²) in [6.07, 6.45) is 0.150. The summed E-state index contributed by atoms with van der Waals surface area (Å²) < 4.78 is 11.0. The average Bonchev–Trinajstić information content (AvgIpc) is 3.11. The van der Waals surface area contributed by atoms with Crippen LogP contribution >= 0.6 is 0 Å². The van der Waals surface area contributed by atoms with Gasteiger partial charge in [-0.3, -0.25) is 9.59 Å². The third kappa shape index (κ3) is 2.44. The first-order chi connectivity index (χ1) is 10.2. The molecule has 2 aliphatic rings. The van der Waals surface area contributed by atoms with Gasteiger partial charge in [0.2, 0.25) is 0 Å². The summed E-state index contributed by atoms with van der Waals surface area (Å²) in [6.45, 7) is 5.70. The van der Waals surface area contributed by atoms with Crippen molar-refractivity contribution >= 4 is 11.6 Å². The Bertz CT molecular complexity index is 643. The molecule has 22 heavy (non-hydrogen) atoms. The Labute approximate surface area is 129 Å². The number of ketones is 2. The molecule has 0 amide bonds. The molecule has 0 radical (unpaired) electrons. The predicted octanol–water partition coefficient (Wildman–Crippen LogP) is 2.56. The molecule has 1 heterocycles. The third-order valence-electron chi connectivity index (χ3n) is 4.11. The molecule has 3 rings (SSSR count). The van der Waals surface area contributed by atoms with Gasteiger partial charge in [-0.1, -0.05) is 12.1 Å². The third-order valence-corrected chi connectivity index (χ3v) is 4.11. The number of benzene rings is 1. The smallest absolute Gasteiger partial charge is 0.198 e. The number of aromatic hydroxyl groups is 1. The Kier molecular flexibility index (Phi) is 3.38. The van der Waals surface area contributed by atoms with Gasteiger partial charge in [-0.05, 0) is 33.3 Å². The summed E-state index contributed by atoms with van der Waals surface area (Å²) >= 11 is 0. The van der Waals surface area contributed by atoms with Gasteiger partial charge < -0.3 is 14.6 Å². The molecule has 5 nitrogen and oxygen atoms in total. The quantitative estimate of drug-likeness (QED) is 0.846. The van der Waals surface area contributed by atoms with Gasteiger partial charge >= 0.3 is 0 Å². The lowest BCUT2D eigenvalue weighted by Gasteiger charge is -2.18. The number of hydrogen-bond acceptors (Lipinski definition) is 5. The molecular formula is C17H20O5. The first-order valence-electron chi connectivity index (χ1n) is 7.45. The monoisotopic (exact) mass is 304 g/mol. The number of carbonyl (C=O) groups excluding carboxylic acids is 2. The van der Waals surface area contributed by atoms with Crippen LogP contribution in [0, 0.1) is 0 Å². The van der Waals surface area contributed by atoms with Crippen molar-refractivity contribution in [1.82, 2.24) is 0 Å². The molecule has 0 spiro atoms. The van der Waals surface area contributed by atoms with Crippen molar-refractivity contribution in [2.75, 3.05) is 6.61 Å². The average molecular weight is 304 g/mol. The summed E-state index contributed by atoms with van der Waals surface area (Å²) in [7, 11) is 0. The minimum atomic E-state index is -0.946. The second-order valence-corrected chi connectivity index (χ2v) is 6.89. The summed E-state index contributed by atoms with van der Waals surface area (Å²) in [5.74, 6) is -0.0999. The Morgan fingerprint density at radius 2 is 2.14 bits per heavy atom. The molecule has 1 saturated heterocycles. The van der Waals surface area contributed by atoms with Gasteiger partial charge in [0.1, 0.15) is 18.5 Å². The number of phenols is 1. The van der Waals surface area contributed by atoms with Crippen molar-refractivity contribution in [2.45, 2.75) is 50.9 Å². The number of phenolic OH excluding ortho intramolecular Hbond substituents is 1. The van der Waals surface area contributed by atoms with Crippen LogP contribution in [0.2, 0.25) is 0 Å². The molecule has 1 aliphatic carbocycles. The SMILES string of the molecule is CC(C)(C)OCC(=O)CCC12OC1c1c(O)cccc1C2=O. The zero-order valence-corrected chi connectivity index (χ0v) is 13.0. The van der Waals surface area contributed by atoms with Crippen LogP contribution in [0.1, 0.15) is 55.6 Å². The van der Waals surface area contributed by atoms with Crippen LogP contribution in [0.25, 0.3) is 0 Å². The number of carbonyl (C=O) groups is 2. The summed E-state index contributed by atoms with van der Waals surface area (Å²) in [5, 5.41) is 9.89. The van der Waals surface area contributed by atoms with Crippen molar-refractivity contribution in [1.29, 1.82) is 0 Å². The molecule has 2 atom stereocenters. The molecule has 5 heteroatoms. The van der Waals surface area contributed by atoms with Gasteiger partial charge in [0, 0.05) is 17.5 Å². The molecule has 1 aliphatic heterocycles. The molecule has 1 aromatic carbocycles. The highest BCUT2D eigenvalue weighted by Gasteiger charge is 2.68. The lowest BCUT2D eigenvalue weighted by Crippen LogP contribution is -2.26. The van der Waals surface area contributed by atoms with E-state index in [1.807, 2.05) is 20.8 Å². The Hall–Kier alpha value is -1.72. The van der Waals surface area contributed by atoms with Gasteiger partial charge in [-0.25, -0.2) is 0 Å². The van der Waals surface area contributed by atoms with Crippen LogP contribution in [-0.2, 0) is 14.3 Å². The standard InChI is InChI=1S/C17H20O5/c1-16(2,3)21-9-10(18)7-8-17-14(20)11-5-4-6-12(19)13(11)15(17)22-17/h4-6,15,19H,7-9H2,1-3H3. The van der Waals surface area contributed by atoms with Gasteiger partial charge in [0.05, 0.1) is 5.60 Å². The van der Waals surface area contributed by atoms with Gasteiger partial charge in [-0.15, -0.1) is 0 Å². The Morgan fingerprint density at radius 3 is 2.77 bits per heavy atom. The van der Waals surface area contributed by atoms with E-state index in [1.54, 1.807) is 18.2 Å². The molecule has 1 aromatic rings. The van der Waals surface area contributed by atoms with E-state index in [1.165, 1.54) is 0 Å². The van der Waals surface area contributed by atoms with Crippen LogP contribution in [0.4, 0.5) is 0 Å². The number of rotatable bonds is 5. The van der Waals surface area contributed by atoms with Crippen molar-refractivity contribution in [3.8, 4) is 5.75 Å². The number of hydrogen-bond donors (Lipinski definition) is 1. The van der Waals surface area contributed by atoms with Crippen LogP contribution in [0.3, 0.4) is 0 Å². The zero-order valence-electron chi connectivity index (χ0n) is 13.0. The highest BCUT2D eigenvalue weighted by atomic mass is 16.6. The molecule has 118 valence electrons. The fourth-order valence-corrected chi connectivity index (χ4v) is 2.89. The van der Waals surface area contributed by atoms with Crippen molar-refractivity contribution < 1.29 is 24.2 Å². The predicted molar refractivity (Wildman–Crippen MR) is 78.9 cm³/mol. The van der Waals surface area contributed by atoms with E-state index in [0.29, 0.717) is 17.5 Å². The molecule has 2 unspecified atom stereocenters. The van der Waals surface area contributed by atoms with Crippen LogP contribution < -0.4 is 0 Å². The topological polar surface area (TPSA) is 76.1 Å². The molecule has 1 N–H and O–H groups in total. The van der Waals surface area contributed by atoms with Crippen LogP contribution in [-0.4, -0.2) is 34.5 Å². The maximum atomic E-state index is 12.5. The zero-order chi connectivity index (χ0) is 16.1. The fourth-order valence-electron chi connectivity index (χ4n) is 2.89. The van der Waals surface area contributed by atoms with Crippen molar-refractivity contribution in [3.05, 3.63) is 29.3 Å². The minimum Gasteiger partial charge on any atom is -0.508 e. The number of ether oxygens (including phenoxy) is 2. The van der Waals surface area contributed by atoms with Gasteiger partial charge in [0.15, 0.2) is 17.2 Å². The molecule has 0 bridgehead atoms. The van der Waals surface area contributed by atoms with Crippen molar-refractivity contribution in [3.63, 3.8) is 0 Å². The number of Topliss-reactive ketones (excluding diaryl/α,β-unsaturated/α-hetero) is 2. The molecule has 0 aromatic heterocycles. The van der Waals surface area contributed by atoms with E-state index in [4.69, 9.17) is 9.47 Å². The van der Waals surface area contributed by atoms with E-state index >= 15 is 0 Å². The van der Waals surface area contributed by atoms with E-state index in [2.05, 4.69) is 0 Å². The summed E-state index contributed by atoms with van der Waals surface area (Å²) in [5.41, 5.74) is -0.239. The van der Waals surface area contributed by atoms with E-state index in [-0.39, 0.29) is 35.9 Å². The minimum absolute atomic E-state index is 0.0383. The summed E-state index contributed by atoms with van der Waals surface area (Å²) in [6, 6.07) is 4.89. The lowest BCUT2D eigenvalue weighted by molar-refractivity contribution is -0.128. The fraction of sp³-hybridized carbons (Fsp3) is 0.529. The molecule has 0 saturated carbocycles. The highest BCUT2D eigenvalue weighted by molar-refractivity contribution is 6.10. The first-order valence-corrected chi connectivity index (χ1v) is 7.45. The maximum Gasteiger partial charge on any atom is 0.198 e. The van der Waals surface area contributed by atoms with Crippen LogP contribution in [0.5, 0.6) is 5.75 Å². The molecule has 1 fully saturated rings. The van der Waals surface area contributed by atoms with E-state index < -0.39 is 11.7 Å². The Morgan fingerprint density at radius 1 is 1.41 bits per heavy atom. The second-order valence-electron chi connectivity index (χ2n) is 6.89. The maximum absolute atomic E-state index is 12.5. The Balaban J connectivity index is 1.63. The van der Waals surface area contributed by atoms with Crippen LogP contribution in [0.15, 0.2) is 18.2 Å². The summed E-state index contributed by atoms with van der Waals surface area (Å²) in [4.78, 5) is 24.4. The first kappa shape index (κ1) is 15.2. The highest BCUT2D eigenvalue weighted by Crippen LogP contribution is 2.62. The van der Waals surface area contributed by atoms with Gasteiger partial charge in [0.25, 0.3) is 0 Å². The normalized spacial score (nSPS) is 25.8. The lowest BCUT2D eigenvalue weighted by atomic mass is 9.96. The second kappa shape index (κ2) is 4.89. The largest absolute Gasteiger partial charge is 0.508 e. The van der Waals surface area contributed by atoms with E-state index in [9.17, 15) is 14.7 Å². The van der Waals surface area contributed by atoms with Gasteiger partial charge in [-0.2, -0.15) is 0 Å². The number of epoxide rings is 1. The van der Waals surface area contributed by atoms with E-state index in [0.717, 1.165) is 0 Å². The number of fused-ring (bicyclic) bond motifs is 3. The van der Waals surface area contributed by atoms with Crippen molar-refractivity contribution in [2.24, 2.45) is 0 Å². The molecular weight excluding hydrogens is 284 g/mol.